The second-order valence-electron chi connectivity index (χ2n) is 4.93. The number of benzene rings is 1. The van der Waals surface area contributed by atoms with Crippen molar-refractivity contribution in [3.8, 4) is 0 Å². The first-order valence-electron chi connectivity index (χ1n) is 6.05. The Hall–Kier alpha value is -1.02. The van der Waals surface area contributed by atoms with Crippen molar-refractivity contribution in [1.29, 1.82) is 0 Å². The second kappa shape index (κ2) is 5.90. The Bertz CT molecular complexity index is 332. The molecule has 0 bridgehead atoms. The number of hydrogen-bond donors (Lipinski definition) is 1. The van der Waals surface area contributed by atoms with Crippen LogP contribution < -0.4 is 10.6 Å². The zero-order chi connectivity index (χ0) is 12.1. The number of hydrogen-bond acceptors (Lipinski definition) is 2. The number of rotatable bonds is 5. The van der Waals surface area contributed by atoms with Gasteiger partial charge in [0, 0.05) is 19.3 Å². The van der Waals surface area contributed by atoms with Gasteiger partial charge >= 0.3 is 0 Å². The highest BCUT2D eigenvalue weighted by molar-refractivity contribution is 5.54. The number of nitrogens with zero attached hydrogens (tertiary/aromatic N) is 1. The molecule has 0 amide bonds. The quantitative estimate of drug-likeness (QED) is 0.826. The van der Waals surface area contributed by atoms with Crippen LogP contribution in [0.4, 0.5) is 5.69 Å². The summed E-state index contributed by atoms with van der Waals surface area (Å²) in [6.07, 6.45) is 0.967. The molecule has 0 saturated carbocycles. The SMILES string of the molecule is Cc1cc(CCN)ccc1N(C)CC(C)C. The van der Waals surface area contributed by atoms with Gasteiger partial charge in [0.15, 0.2) is 0 Å². The molecule has 0 aromatic heterocycles. The van der Waals surface area contributed by atoms with Gasteiger partial charge in [-0.15, -0.1) is 0 Å². The topological polar surface area (TPSA) is 29.3 Å². The molecule has 1 aromatic carbocycles. The van der Waals surface area contributed by atoms with E-state index in [4.69, 9.17) is 5.73 Å². The van der Waals surface area contributed by atoms with E-state index in [1.165, 1.54) is 16.8 Å². The van der Waals surface area contributed by atoms with Crippen LogP contribution in [0.5, 0.6) is 0 Å². The van der Waals surface area contributed by atoms with Gasteiger partial charge in [0.25, 0.3) is 0 Å². The molecule has 0 heterocycles. The summed E-state index contributed by atoms with van der Waals surface area (Å²) >= 11 is 0. The van der Waals surface area contributed by atoms with Crippen molar-refractivity contribution in [3.05, 3.63) is 29.3 Å². The summed E-state index contributed by atoms with van der Waals surface area (Å²) in [4.78, 5) is 2.33. The summed E-state index contributed by atoms with van der Waals surface area (Å²) in [6, 6.07) is 6.65. The molecule has 0 unspecified atom stereocenters. The van der Waals surface area contributed by atoms with E-state index >= 15 is 0 Å². The average Bonchev–Trinajstić information content (AvgIpc) is 2.16. The Balaban J connectivity index is 2.81. The van der Waals surface area contributed by atoms with Crippen LogP contribution >= 0.6 is 0 Å². The van der Waals surface area contributed by atoms with Gasteiger partial charge in [0.05, 0.1) is 0 Å². The first kappa shape index (κ1) is 13.0. The normalized spacial score (nSPS) is 10.9. The fraction of sp³-hybridized carbons (Fsp3) is 0.571. The van der Waals surface area contributed by atoms with E-state index < -0.39 is 0 Å². The summed E-state index contributed by atoms with van der Waals surface area (Å²) in [6.45, 7) is 8.48. The molecule has 16 heavy (non-hydrogen) atoms. The molecule has 0 radical (unpaired) electrons. The predicted molar refractivity (Wildman–Crippen MR) is 72.0 cm³/mol. The minimum Gasteiger partial charge on any atom is -0.374 e. The molecule has 2 heteroatoms. The van der Waals surface area contributed by atoms with Crippen LogP contribution in [-0.4, -0.2) is 20.1 Å². The molecule has 1 aromatic rings. The zero-order valence-electron chi connectivity index (χ0n) is 11.0. The molecule has 2 N–H and O–H groups in total. The summed E-state index contributed by atoms with van der Waals surface area (Å²) in [5.41, 5.74) is 9.57. The second-order valence-corrected chi connectivity index (χ2v) is 4.93. The van der Waals surface area contributed by atoms with Crippen molar-refractivity contribution in [2.45, 2.75) is 27.2 Å². The minimum absolute atomic E-state index is 0.688. The third-order valence-corrected chi connectivity index (χ3v) is 2.74. The molecule has 0 saturated heterocycles. The highest BCUT2D eigenvalue weighted by Gasteiger charge is 2.06. The fourth-order valence-corrected chi connectivity index (χ4v) is 2.11. The minimum atomic E-state index is 0.688. The molecule has 0 fully saturated rings. The van der Waals surface area contributed by atoms with Gasteiger partial charge in [-0.1, -0.05) is 26.0 Å². The summed E-state index contributed by atoms with van der Waals surface area (Å²) in [7, 11) is 2.16. The van der Waals surface area contributed by atoms with Crippen molar-refractivity contribution < 1.29 is 0 Å². The van der Waals surface area contributed by atoms with Crippen LogP contribution in [0.3, 0.4) is 0 Å². The van der Waals surface area contributed by atoms with E-state index in [0.717, 1.165) is 19.5 Å². The van der Waals surface area contributed by atoms with Crippen LogP contribution in [0.1, 0.15) is 25.0 Å². The third kappa shape index (κ3) is 3.53. The lowest BCUT2D eigenvalue weighted by molar-refractivity contribution is 0.637. The molecule has 0 aliphatic carbocycles. The molecular weight excluding hydrogens is 196 g/mol. The molecule has 0 atom stereocenters. The van der Waals surface area contributed by atoms with Gasteiger partial charge in [-0.3, -0.25) is 0 Å². The van der Waals surface area contributed by atoms with Crippen LogP contribution in [0.2, 0.25) is 0 Å². The van der Waals surface area contributed by atoms with Crippen molar-refractivity contribution in [3.63, 3.8) is 0 Å². The largest absolute Gasteiger partial charge is 0.374 e. The van der Waals surface area contributed by atoms with E-state index in [-0.39, 0.29) is 0 Å². The van der Waals surface area contributed by atoms with Crippen LogP contribution in [0.25, 0.3) is 0 Å². The smallest absolute Gasteiger partial charge is 0.0393 e. The van der Waals surface area contributed by atoms with E-state index in [1.54, 1.807) is 0 Å². The Morgan fingerprint density at radius 3 is 2.50 bits per heavy atom. The van der Waals surface area contributed by atoms with E-state index in [0.29, 0.717) is 5.92 Å². The number of nitrogens with two attached hydrogens (primary N) is 1. The number of anilines is 1. The van der Waals surface area contributed by atoms with Gasteiger partial charge < -0.3 is 10.6 Å². The van der Waals surface area contributed by atoms with Gasteiger partial charge in [-0.2, -0.15) is 0 Å². The van der Waals surface area contributed by atoms with Crippen LogP contribution in [-0.2, 0) is 6.42 Å². The maximum absolute atomic E-state index is 5.56. The van der Waals surface area contributed by atoms with Gasteiger partial charge in [0.2, 0.25) is 0 Å². The van der Waals surface area contributed by atoms with E-state index in [1.807, 2.05) is 0 Å². The standard InChI is InChI=1S/C14H24N2/c1-11(2)10-16(4)14-6-5-13(7-8-15)9-12(14)3/h5-6,9,11H,7-8,10,15H2,1-4H3. The third-order valence-electron chi connectivity index (χ3n) is 2.74. The summed E-state index contributed by atoms with van der Waals surface area (Å²) in [5.74, 6) is 0.688. The van der Waals surface area contributed by atoms with Crippen molar-refractivity contribution in [1.82, 2.24) is 0 Å². The molecular formula is C14H24N2. The first-order chi connectivity index (χ1) is 7.54. The van der Waals surface area contributed by atoms with Crippen LogP contribution in [0, 0.1) is 12.8 Å². The Kier molecular flexibility index (Phi) is 4.81. The summed E-state index contributed by atoms with van der Waals surface area (Å²) in [5, 5.41) is 0. The van der Waals surface area contributed by atoms with E-state index in [2.05, 4.69) is 50.9 Å². The zero-order valence-corrected chi connectivity index (χ0v) is 11.0. The van der Waals surface area contributed by atoms with Gasteiger partial charge in [-0.25, -0.2) is 0 Å². The molecule has 90 valence electrons. The molecule has 0 spiro atoms. The monoisotopic (exact) mass is 220 g/mol. The Morgan fingerprint density at radius 1 is 1.31 bits per heavy atom. The van der Waals surface area contributed by atoms with Gasteiger partial charge in [-0.05, 0) is 43.0 Å². The lowest BCUT2D eigenvalue weighted by atomic mass is 10.1. The Labute approximate surface area is 99.5 Å². The predicted octanol–water partition coefficient (Wildman–Crippen LogP) is 2.59. The average molecular weight is 220 g/mol. The lowest BCUT2D eigenvalue weighted by Gasteiger charge is -2.23. The Morgan fingerprint density at radius 2 is 2.00 bits per heavy atom. The maximum Gasteiger partial charge on any atom is 0.0393 e. The molecule has 1 rings (SSSR count). The van der Waals surface area contributed by atoms with Crippen LogP contribution in [0.15, 0.2) is 18.2 Å². The molecule has 0 aliphatic heterocycles. The lowest BCUT2D eigenvalue weighted by Crippen LogP contribution is -2.23. The van der Waals surface area contributed by atoms with Crippen molar-refractivity contribution in [2.24, 2.45) is 11.7 Å². The fourth-order valence-electron chi connectivity index (χ4n) is 2.11. The van der Waals surface area contributed by atoms with E-state index in [9.17, 15) is 0 Å². The van der Waals surface area contributed by atoms with Crippen molar-refractivity contribution >= 4 is 5.69 Å². The van der Waals surface area contributed by atoms with Gasteiger partial charge in [0.1, 0.15) is 0 Å². The number of aryl methyl sites for hydroxylation is 1. The highest BCUT2D eigenvalue weighted by atomic mass is 15.1. The highest BCUT2D eigenvalue weighted by Crippen LogP contribution is 2.21. The molecule has 2 nitrogen and oxygen atoms in total. The maximum atomic E-state index is 5.56. The molecule has 0 aliphatic rings. The summed E-state index contributed by atoms with van der Waals surface area (Å²) < 4.78 is 0. The first-order valence-corrected chi connectivity index (χ1v) is 6.05. The van der Waals surface area contributed by atoms with Crippen molar-refractivity contribution in [2.75, 3.05) is 25.0 Å².